The average Bonchev–Trinajstić information content (AvgIpc) is 2.94. The number of rotatable bonds is 3. The van der Waals surface area contributed by atoms with E-state index < -0.39 is 12.1 Å². The second-order valence-electron chi connectivity index (χ2n) is 3.62. The number of hydrogen-bond donors (Lipinski definition) is 0. The minimum Gasteiger partial charge on any atom is -0.439 e. The molecule has 0 saturated carbocycles. The number of carbonyl (C=O) groups excluding carboxylic acids is 1. The summed E-state index contributed by atoms with van der Waals surface area (Å²) in [6, 6.07) is 2.99. The Balaban J connectivity index is 2.30. The molecule has 0 radical (unpaired) electrons. The molecule has 1 heterocycles. The zero-order chi connectivity index (χ0) is 14.7. The number of hydrogen-bond acceptors (Lipinski definition) is 4. The summed E-state index contributed by atoms with van der Waals surface area (Å²) >= 11 is 19.1. The number of terminal acetylenes is 1. The SMILES string of the molecule is C#CC(OC(=O)c1cscn1)c1cc(Cl)cc(Cl)c1Cl. The maximum atomic E-state index is 11.8. The molecule has 0 aliphatic rings. The number of benzene rings is 1. The Morgan fingerprint density at radius 1 is 1.40 bits per heavy atom. The van der Waals surface area contributed by atoms with Crippen molar-refractivity contribution in [2.24, 2.45) is 0 Å². The summed E-state index contributed by atoms with van der Waals surface area (Å²) in [5.41, 5.74) is 2.06. The van der Waals surface area contributed by atoms with E-state index in [0.29, 0.717) is 10.6 Å². The van der Waals surface area contributed by atoms with E-state index in [2.05, 4.69) is 10.9 Å². The fraction of sp³-hybridized carbons (Fsp3) is 0.0769. The van der Waals surface area contributed by atoms with Crippen molar-refractivity contribution in [1.82, 2.24) is 4.98 Å². The minimum absolute atomic E-state index is 0.180. The Bertz CT molecular complexity index is 680. The first-order chi connectivity index (χ1) is 9.52. The lowest BCUT2D eigenvalue weighted by molar-refractivity contribution is 0.0402. The van der Waals surface area contributed by atoms with Gasteiger partial charge in [0.05, 0.1) is 15.6 Å². The zero-order valence-electron chi connectivity index (χ0n) is 9.77. The van der Waals surface area contributed by atoms with Crippen molar-refractivity contribution in [3.05, 3.63) is 49.3 Å². The molecule has 0 N–H and O–H groups in total. The largest absolute Gasteiger partial charge is 0.439 e. The van der Waals surface area contributed by atoms with E-state index in [1.54, 1.807) is 5.38 Å². The van der Waals surface area contributed by atoms with E-state index in [1.807, 2.05) is 0 Å². The van der Waals surface area contributed by atoms with Crippen LogP contribution in [0.1, 0.15) is 22.2 Å². The van der Waals surface area contributed by atoms with Gasteiger partial charge >= 0.3 is 5.97 Å². The van der Waals surface area contributed by atoms with Crippen LogP contribution in [0.5, 0.6) is 0 Å². The molecule has 2 aromatic rings. The Hall–Kier alpha value is -1.25. The van der Waals surface area contributed by atoms with Gasteiger partial charge in [-0.25, -0.2) is 9.78 Å². The molecule has 0 saturated heterocycles. The molecule has 0 amide bonds. The van der Waals surface area contributed by atoms with Gasteiger partial charge in [-0.3, -0.25) is 0 Å². The molecule has 0 fully saturated rings. The van der Waals surface area contributed by atoms with Crippen molar-refractivity contribution in [1.29, 1.82) is 0 Å². The van der Waals surface area contributed by atoms with Crippen LogP contribution in [0.15, 0.2) is 23.0 Å². The minimum atomic E-state index is -0.993. The molecule has 0 spiro atoms. The van der Waals surface area contributed by atoms with E-state index in [4.69, 9.17) is 46.0 Å². The van der Waals surface area contributed by atoms with Gasteiger partial charge in [0.1, 0.15) is 0 Å². The van der Waals surface area contributed by atoms with Crippen LogP contribution in [-0.2, 0) is 4.74 Å². The number of aromatic nitrogens is 1. The molecular formula is C13H6Cl3NO2S. The van der Waals surface area contributed by atoms with Gasteiger partial charge in [-0.15, -0.1) is 17.8 Å². The van der Waals surface area contributed by atoms with Gasteiger partial charge in [0, 0.05) is 16.0 Å². The van der Waals surface area contributed by atoms with Crippen molar-refractivity contribution < 1.29 is 9.53 Å². The second kappa shape index (κ2) is 6.47. The highest BCUT2D eigenvalue weighted by Gasteiger charge is 2.21. The van der Waals surface area contributed by atoms with E-state index in [-0.39, 0.29) is 15.7 Å². The molecule has 3 nitrogen and oxygen atoms in total. The first-order valence-electron chi connectivity index (χ1n) is 5.22. The summed E-state index contributed by atoms with van der Waals surface area (Å²) in [4.78, 5) is 15.7. The number of carbonyl (C=O) groups is 1. The van der Waals surface area contributed by atoms with E-state index in [9.17, 15) is 4.79 Å². The van der Waals surface area contributed by atoms with Gasteiger partial charge in [0.25, 0.3) is 0 Å². The van der Waals surface area contributed by atoms with Gasteiger partial charge in [0.15, 0.2) is 11.8 Å². The van der Waals surface area contributed by atoms with Gasteiger partial charge in [-0.05, 0) is 12.1 Å². The molecule has 102 valence electrons. The van der Waals surface area contributed by atoms with Crippen molar-refractivity contribution in [2.75, 3.05) is 0 Å². The molecule has 0 aliphatic carbocycles. The first-order valence-corrected chi connectivity index (χ1v) is 7.30. The Labute approximate surface area is 134 Å². The molecule has 7 heteroatoms. The van der Waals surface area contributed by atoms with E-state index in [1.165, 1.54) is 29.0 Å². The summed E-state index contributed by atoms with van der Waals surface area (Å²) in [6.45, 7) is 0. The zero-order valence-corrected chi connectivity index (χ0v) is 12.9. The molecule has 1 unspecified atom stereocenters. The average molecular weight is 347 g/mol. The third-order valence-electron chi connectivity index (χ3n) is 2.32. The quantitative estimate of drug-likeness (QED) is 0.462. The van der Waals surface area contributed by atoms with Crippen molar-refractivity contribution in [3.8, 4) is 12.3 Å². The highest BCUT2D eigenvalue weighted by molar-refractivity contribution is 7.07. The molecule has 0 aliphatic heterocycles. The van der Waals surface area contributed by atoms with Crippen LogP contribution in [0.2, 0.25) is 15.1 Å². The van der Waals surface area contributed by atoms with E-state index in [0.717, 1.165) is 0 Å². The number of halogens is 3. The fourth-order valence-corrected chi connectivity index (χ4v) is 2.67. The summed E-state index contributed by atoms with van der Waals surface area (Å²) in [5, 5.41) is 2.34. The van der Waals surface area contributed by atoms with Crippen LogP contribution in [-0.4, -0.2) is 11.0 Å². The summed E-state index contributed by atoms with van der Waals surface area (Å²) in [7, 11) is 0. The summed E-state index contributed by atoms with van der Waals surface area (Å²) in [6.07, 6.45) is 4.39. The maximum absolute atomic E-state index is 11.8. The van der Waals surface area contributed by atoms with Crippen molar-refractivity contribution in [3.63, 3.8) is 0 Å². The predicted octanol–water partition coefficient (Wildman–Crippen LogP) is 4.63. The van der Waals surface area contributed by atoms with Crippen LogP contribution < -0.4 is 0 Å². The molecule has 1 aromatic carbocycles. The standard InChI is InChI=1S/C13H6Cl3NO2S/c1-2-11(19-13(18)10-5-20-6-17-10)8-3-7(14)4-9(15)12(8)16/h1,3-6,11H. The second-order valence-corrected chi connectivity index (χ2v) is 5.56. The monoisotopic (exact) mass is 345 g/mol. The topological polar surface area (TPSA) is 39.2 Å². The highest BCUT2D eigenvalue weighted by atomic mass is 35.5. The Morgan fingerprint density at radius 3 is 2.75 bits per heavy atom. The summed E-state index contributed by atoms with van der Waals surface area (Å²) < 4.78 is 5.19. The van der Waals surface area contributed by atoms with Gasteiger partial charge in [-0.1, -0.05) is 40.7 Å². The van der Waals surface area contributed by atoms with Gasteiger partial charge in [-0.2, -0.15) is 0 Å². The smallest absolute Gasteiger partial charge is 0.359 e. The van der Waals surface area contributed by atoms with Crippen LogP contribution in [0.4, 0.5) is 0 Å². The van der Waals surface area contributed by atoms with Gasteiger partial charge < -0.3 is 4.74 Å². The molecule has 0 bridgehead atoms. The first kappa shape index (κ1) is 15.1. The summed E-state index contributed by atoms with van der Waals surface area (Å²) in [5.74, 6) is 1.70. The molecule has 20 heavy (non-hydrogen) atoms. The number of esters is 1. The number of nitrogens with zero attached hydrogens (tertiary/aromatic N) is 1. The van der Waals surface area contributed by atoms with Crippen LogP contribution in [0.25, 0.3) is 0 Å². The van der Waals surface area contributed by atoms with Gasteiger partial charge in [0.2, 0.25) is 0 Å². The normalized spacial score (nSPS) is 11.7. The van der Waals surface area contributed by atoms with E-state index >= 15 is 0 Å². The lowest BCUT2D eigenvalue weighted by Gasteiger charge is -2.14. The molecular weight excluding hydrogens is 341 g/mol. The van der Waals surface area contributed by atoms with Crippen molar-refractivity contribution >= 4 is 52.1 Å². The fourth-order valence-electron chi connectivity index (χ4n) is 1.43. The highest BCUT2D eigenvalue weighted by Crippen LogP contribution is 2.34. The maximum Gasteiger partial charge on any atom is 0.359 e. The number of ether oxygens (including phenoxy) is 1. The molecule has 1 atom stereocenters. The van der Waals surface area contributed by atoms with Crippen LogP contribution in [0, 0.1) is 12.3 Å². The Kier molecular flexibility index (Phi) is 4.90. The van der Waals surface area contributed by atoms with Crippen LogP contribution >= 0.6 is 46.1 Å². The lowest BCUT2D eigenvalue weighted by Crippen LogP contribution is -2.11. The third-order valence-corrected chi connectivity index (χ3v) is 3.94. The van der Waals surface area contributed by atoms with Crippen molar-refractivity contribution in [2.45, 2.75) is 6.10 Å². The predicted molar refractivity (Wildman–Crippen MR) is 80.6 cm³/mol. The van der Waals surface area contributed by atoms with Crippen LogP contribution in [0.3, 0.4) is 0 Å². The third kappa shape index (κ3) is 3.25. The number of thiazole rings is 1. The Morgan fingerprint density at radius 2 is 2.15 bits per heavy atom. The molecule has 2 rings (SSSR count). The molecule has 1 aromatic heterocycles. The lowest BCUT2D eigenvalue weighted by atomic mass is 10.1.